The summed E-state index contributed by atoms with van der Waals surface area (Å²) >= 11 is 6.11. The average molecular weight is 437 g/mol. The molecule has 0 fully saturated rings. The number of carbonyl (C=O) groups excluding carboxylic acids is 2. The first-order valence-electron chi connectivity index (χ1n) is 10.3. The number of hydrogen-bond donors (Lipinski definition) is 1. The van der Waals surface area contributed by atoms with Crippen molar-refractivity contribution in [2.75, 3.05) is 6.54 Å². The van der Waals surface area contributed by atoms with Gasteiger partial charge in [0.05, 0.1) is 17.4 Å². The normalized spacial score (nSPS) is 15.4. The fourth-order valence-electron chi connectivity index (χ4n) is 4.17. The second-order valence-electron chi connectivity index (χ2n) is 8.74. The second-order valence-corrected chi connectivity index (χ2v) is 9.18. The van der Waals surface area contributed by atoms with Gasteiger partial charge in [-0.15, -0.1) is 0 Å². The first-order chi connectivity index (χ1) is 14.7. The van der Waals surface area contributed by atoms with Crippen molar-refractivity contribution < 1.29 is 14.3 Å². The minimum absolute atomic E-state index is 0.222. The number of hydrogen-bond acceptors (Lipinski definition) is 3. The largest absolute Gasteiger partial charge is 0.459 e. The van der Waals surface area contributed by atoms with Crippen molar-refractivity contribution in [3.05, 3.63) is 76.6 Å². The maximum atomic E-state index is 13.4. The third-order valence-corrected chi connectivity index (χ3v) is 5.63. The highest BCUT2D eigenvalue weighted by atomic mass is 35.5. The van der Waals surface area contributed by atoms with Gasteiger partial charge >= 0.3 is 5.97 Å². The van der Waals surface area contributed by atoms with Gasteiger partial charge in [-0.25, -0.2) is 4.79 Å². The molecule has 0 atom stereocenters. The number of aromatic amines is 1. The van der Waals surface area contributed by atoms with Crippen molar-refractivity contribution in [2.24, 2.45) is 0 Å². The Morgan fingerprint density at radius 3 is 2.58 bits per heavy atom. The molecule has 1 aliphatic rings. The first kappa shape index (κ1) is 21.2. The summed E-state index contributed by atoms with van der Waals surface area (Å²) in [4.78, 5) is 31.5. The van der Waals surface area contributed by atoms with Crippen LogP contribution in [0.2, 0.25) is 5.02 Å². The number of esters is 1. The average Bonchev–Trinajstić information content (AvgIpc) is 3.04. The molecule has 2 heterocycles. The molecule has 1 amide bonds. The summed E-state index contributed by atoms with van der Waals surface area (Å²) < 4.78 is 5.53. The number of halogens is 1. The van der Waals surface area contributed by atoms with E-state index in [1.54, 1.807) is 49.2 Å². The summed E-state index contributed by atoms with van der Waals surface area (Å²) in [6.45, 7) is 8.16. The third kappa shape index (κ3) is 3.98. The lowest BCUT2D eigenvalue weighted by Crippen LogP contribution is -2.36. The number of amides is 1. The molecule has 31 heavy (non-hydrogen) atoms. The van der Waals surface area contributed by atoms with E-state index in [0.717, 1.165) is 16.5 Å². The molecule has 2 aromatic carbocycles. The molecule has 3 aromatic rings. The molecule has 0 aliphatic carbocycles. The van der Waals surface area contributed by atoms with Crippen LogP contribution in [0, 0.1) is 0 Å². The molecule has 160 valence electrons. The number of ether oxygens (including phenoxy) is 1. The predicted octanol–water partition coefficient (Wildman–Crippen LogP) is 5.55. The summed E-state index contributed by atoms with van der Waals surface area (Å²) in [5, 5.41) is 1.52. The van der Waals surface area contributed by atoms with Gasteiger partial charge < -0.3 is 14.6 Å². The van der Waals surface area contributed by atoms with E-state index in [-0.39, 0.29) is 12.0 Å². The number of carbonyl (C=O) groups is 2. The van der Waals surface area contributed by atoms with Crippen LogP contribution in [0.1, 0.15) is 49.3 Å². The fourth-order valence-corrected chi connectivity index (χ4v) is 4.36. The van der Waals surface area contributed by atoms with Crippen LogP contribution in [0.5, 0.6) is 0 Å². The molecule has 1 aliphatic heterocycles. The number of aromatic nitrogens is 1. The van der Waals surface area contributed by atoms with Gasteiger partial charge in [0.15, 0.2) is 0 Å². The second kappa shape index (κ2) is 7.89. The van der Waals surface area contributed by atoms with E-state index in [1.165, 1.54) is 0 Å². The van der Waals surface area contributed by atoms with Crippen LogP contribution in [0.3, 0.4) is 0 Å². The number of rotatable bonds is 3. The maximum absolute atomic E-state index is 13.4. The zero-order chi connectivity index (χ0) is 22.3. The Kier molecular flexibility index (Phi) is 5.40. The molecule has 0 saturated heterocycles. The highest BCUT2D eigenvalue weighted by molar-refractivity contribution is 6.31. The van der Waals surface area contributed by atoms with Crippen LogP contribution in [-0.2, 0) is 14.9 Å². The van der Waals surface area contributed by atoms with E-state index in [0.29, 0.717) is 28.4 Å². The Hall–Kier alpha value is -3.05. The summed E-state index contributed by atoms with van der Waals surface area (Å²) in [6.07, 6.45) is 1.33. The molecular formula is C25H25ClN2O3. The monoisotopic (exact) mass is 436 g/mol. The molecule has 1 aromatic heterocycles. The van der Waals surface area contributed by atoms with Crippen LogP contribution < -0.4 is 0 Å². The topological polar surface area (TPSA) is 62.4 Å². The van der Waals surface area contributed by atoms with Crippen molar-refractivity contribution in [3.63, 3.8) is 0 Å². The Morgan fingerprint density at radius 1 is 1.13 bits per heavy atom. The van der Waals surface area contributed by atoms with E-state index in [2.05, 4.69) is 18.8 Å². The SMILES string of the molecule is CC(C)OC(=O)C1=CN(C(=O)c2cccc(Cl)c2)CC(C)(C)c2c1[nH]c1ccccc21. The standard InChI is InChI=1S/C25H25ClN2O3/c1-15(2)31-24(30)19-13-28(23(29)16-8-7-9-17(26)12-16)14-25(3,4)21-18-10-5-6-11-20(18)27-22(19)21/h5-13,15,27H,14H2,1-4H3. The highest BCUT2D eigenvalue weighted by Gasteiger charge is 2.37. The lowest BCUT2D eigenvalue weighted by molar-refractivity contribution is -0.140. The smallest absolute Gasteiger partial charge is 0.342 e. The predicted molar refractivity (Wildman–Crippen MR) is 123 cm³/mol. The summed E-state index contributed by atoms with van der Waals surface area (Å²) in [6, 6.07) is 14.8. The Balaban J connectivity index is 1.90. The van der Waals surface area contributed by atoms with Gasteiger partial charge in [0.1, 0.15) is 0 Å². The van der Waals surface area contributed by atoms with Crippen LogP contribution in [-0.4, -0.2) is 34.4 Å². The van der Waals surface area contributed by atoms with Crippen LogP contribution >= 0.6 is 11.6 Å². The number of nitrogens with one attached hydrogen (secondary N) is 1. The molecule has 0 bridgehead atoms. The molecule has 5 nitrogen and oxygen atoms in total. The lowest BCUT2D eigenvalue weighted by atomic mass is 9.81. The van der Waals surface area contributed by atoms with Crippen molar-refractivity contribution in [3.8, 4) is 0 Å². The Labute approximate surface area is 186 Å². The van der Waals surface area contributed by atoms with Crippen molar-refractivity contribution in [2.45, 2.75) is 39.2 Å². The van der Waals surface area contributed by atoms with E-state index >= 15 is 0 Å². The highest BCUT2D eigenvalue weighted by Crippen LogP contribution is 2.40. The number of H-pyrrole nitrogens is 1. The third-order valence-electron chi connectivity index (χ3n) is 5.40. The fraction of sp³-hybridized carbons (Fsp3) is 0.280. The van der Waals surface area contributed by atoms with Gasteiger partial charge in [0.2, 0.25) is 0 Å². The summed E-state index contributed by atoms with van der Waals surface area (Å²) in [7, 11) is 0. The minimum Gasteiger partial charge on any atom is -0.459 e. The van der Waals surface area contributed by atoms with E-state index in [9.17, 15) is 9.59 Å². The summed E-state index contributed by atoms with van der Waals surface area (Å²) in [5.74, 6) is -0.690. The minimum atomic E-state index is -0.468. The van der Waals surface area contributed by atoms with Crippen LogP contribution in [0.25, 0.3) is 16.5 Å². The zero-order valence-corrected chi connectivity index (χ0v) is 18.8. The molecule has 0 radical (unpaired) electrons. The van der Waals surface area contributed by atoms with Gasteiger partial charge in [-0.05, 0) is 43.7 Å². The lowest BCUT2D eigenvalue weighted by Gasteiger charge is -2.29. The van der Waals surface area contributed by atoms with Crippen LogP contribution in [0.15, 0.2) is 54.7 Å². The maximum Gasteiger partial charge on any atom is 0.342 e. The number of para-hydroxylation sites is 1. The van der Waals surface area contributed by atoms with E-state index < -0.39 is 11.4 Å². The first-order valence-corrected chi connectivity index (χ1v) is 10.7. The number of benzene rings is 2. The molecule has 1 N–H and O–H groups in total. The molecular weight excluding hydrogens is 412 g/mol. The van der Waals surface area contributed by atoms with Gasteiger partial charge in [-0.2, -0.15) is 0 Å². The van der Waals surface area contributed by atoms with Crippen LogP contribution in [0.4, 0.5) is 0 Å². The zero-order valence-electron chi connectivity index (χ0n) is 18.0. The van der Waals surface area contributed by atoms with Gasteiger partial charge in [-0.1, -0.05) is 49.7 Å². The molecule has 0 unspecified atom stereocenters. The van der Waals surface area contributed by atoms with E-state index in [4.69, 9.17) is 16.3 Å². The molecule has 6 heteroatoms. The van der Waals surface area contributed by atoms with Gasteiger partial charge in [-0.3, -0.25) is 4.79 Å². The molecule has 0 spiro atoms. The van der Waals surface area contributed by atoms with E-state index in [1.807, 2.05) is 24.3 Å². The molecule has 4 rings (SSSR count). The number of fused-ring (bicyclic) bond motifs is 3. The van der Waals surface area contributed by atoms with Crippen molar-refractivity contribution in [1.29, 1.82) is 0 Å². The summed E-state index contributed by atoms with van der Waals surface area (Å²) in [5.41, 5.74) is 3.00. The van der Waals surface area contributed by atoms with Gasteiger partial charge in [0.25, 0.3) is 5.91 Å². The van der Waals surface area contributed by atoms with Gasteiger partial charge in [0, 0.05) is 39.6 Å². The quantitative estimate of drug-likeness (QED) is 0.547. The Bertz CT molecular complexity index is 1210. The molecule has 0 saturated carbocycles. The van der Waals surface area contributed by atoms with Crippen molar-refractivity contribution in [1.82, 2.24) is 9.88 Å². The Morgan fingerprint density at radius 2 is 1.87 bits per heavy atom. The van der Waals surface area contributed by atoms with Crippen molar-refractivity contribution >= 4 is 40.0 Å². The number of nitrogens with zero attached hydrogens (tertiary/aromatic N) is 1.